The molecule has 6 heteroatoms. The molecule has 0 aliphatic heterocycles. The lowest BCUT2D eigenvalue weighted by molar-refractivity contribution is 0.620. The highest BCUT2D eigenvalue weighted by Crippen LogP contribution is 2.26. The Morgan fingerprint density at radius 1 is 1.22 bits per heavy atom. The highest BCUT2D eigenvalue weighted by Gasteiger charge is 2.12. The van der Waals surface area contributed by atoms with Gasteiger partial charge in [-0.1, -0.05) is 24.8 Å². The Labute approximate surface area is 131 Å². The first kappa shape index (κ1) is 13.3. The summed E-state index contributed by atoms with van der Waals surface area (Å²) in [5, 5.41) is 4.37. The zero-order valence-electron chi connectivity index (χ0n) is 12.2. The van der Waals surface area contributed by atoms with Crippen LogP contribution in [0.4, 0.5) is 5.82 Å². The second kappa shape index (κ2) is 5.10. The van der Waals surface area contributed by atoms with Crippen molar-refractivity contribution in [2.24, 2.45) is 0 Å². The van der Waals surface area contributed by atoms with E-state index in [0.717, 1.165) is 27.9 Å². The van der Waals surface area contributed by atoms with Crippen molar-refractivity contribution in [3.05, 3.63) is 61.1 Å². The molecule has 3 heterocycles. The van der Waals surface area contributed by atoms with E-state index in [1.54, 1.807) is 23.2 Å². The summed E-state index contributed by atoms with van der Waals surface area (Å²) in [7, 11) is 0. The first-order valence-electron chi connectivity index (χ1n) is 7.04. The molecular formula is C17H13N5O. The fraction of sp³-hybridized carbons (Fsp3) is 0. The smallest absolute Gasteiger partial charge is 0.230 e. The summed E-state index contributed by atoms with van der Waals surface area (Å²) in [6, 6.07) is 9.46. The van der Waals surface area contributed by atoms with Gasteiger partial charge in [0.05, 0.1) is 17.4 Å². The third kappa shape index (κ3) is 2.17. The van der Waals surface area contributed by atoms with Crippen LogP contribution in [0, 0.1) is 0 Å². The van der Waals surface area contributed by atoms with Gasteiger partial charge in [-0.15, -0.1) is 0 Å². The number of pyridine rings is 1. The van der Waals surface area contributed by atoms with Gasteiger partial charge in [0, 0.05) is 18.0 Å². The van der Waals surface area contributed by atoms with Gasteiger partial charge in [-0.3, -0.25) is 0 Å². The Kier molecular flexibility index (Phi) is 2.94. The number of benzene rings is 1. The monoisotopic (exact) mass is 303 g/mol. The van der Waals surface area contributed by atoms with E-state index in [1.165, 1.54) is 0 Å². The van der Waals surface area contributed by atoms with Crippen LogP contribution < -0.4 is 5.73 Å². The summed E-state index contributed by atoms with van der Waals surface area (Å²) in [4.78, 5) is 8.54. The number of hydrogen-bond acceptors (Lipinski definition) is 5. The van der Waals surface area contributed by atoms with Crippen LogP contribution in [-0.2, 0) is 0 Å². The molecule has 0 aliphatic carbocycles. The quantitative estimate of drug-likeness (QED) is 0.628. The van der Waals surface area contributed by atoms with Gasteiger partial charge < -0.3 is 10.2 Å². The van der Waals surface area contributed by atoms with E-state index in [2.05, 4.69) is 21.6 Å². The van der Waals surface area contributed by atoms with Crippen molar-refractivity contribution in [3.8, 4) is 17.1 Å². The maximum Gasteiger partial charge on any atom is 0.230 e. The molecule has 2 N–H and O–H groups in total. The summed E-state index contributed by atoms with van der Waals surface area (Å²) in [6.07, 6.45) is 6.84. The highest BCUT2D eigenvalue weighted by atomic mass is 16.3. The molecule has 4 aromatic rings. The molecule has 1 aromatic carbocycles. The maximum absolute atomic E-state index is 5.88. The van der Waals surface area contributed by atoms with E-state index in [1.807, 2.05) is 36.5 Å². The third-order valence-electron chi connectivity index (χ3n) is 3.57. The minimum absolute atomic E-state index is 0.413. The van der Waals surface area contributed by atoms with Gasteiger partial charge in [0.25, 0.3) is 0 Å². The van der Waals surface area contributed by atoms with Crippen LogP contribution in [0.5, 0.6) is 0 Å². The van der Waals surface area contributed by atoms with Crippen LogP contribution in [0.25, 0.3) is 34.3 Å². The lowest BCUT2D eigenvalue weighted by Crippen LogP contribution is -2.02. The Bertz CT molecular complexity index is 982. The van der Waals surface area contributed by atoms with Gasteiger partial charge in [-0.25, -0.2) is 14.6 Å². The molecule has 0 fully saturated rings. The van der Waals surface area contributed by atoms with Crippen molar-refractivity contribution in [2.75, 3.05) is 5.73 Å². The van der Waals surface area contributed by atoms with Gasteiger partial charge in [0.15, 0.2) is 5.58 Å². The predicted molar refractivity (Wildman–Crippen MR) is 88.9 cm³/mol. The zero-order chi connectivity index (χ0) is 15.8. The standard InChI is InChI=1S/C17H13N5O/c1-2-12-14(7-8-19-16(12)18)22-10-11(9-20-22)17-21-13-5-3-4-6-15(13)23-17/h2-10H,1H2,(H2,18,19). The Morgan fingerprint density at radius 2 is 2.09 bits per heavy atom. The van der Waals surface area contributed by atoms with Crippen LogP contribution in [0.1, 0.15) is 5.56 Å². The molecule has 3 aromatic heterocycles. The summed E-state index contributed by atoms with van der Waals surface area (Å²) < 4.78 is 7.47. The molecule has 0 radical (unpaired) electrons. The molecule has 0 spiro atoms. The van der Waals surface area contributed by atoms with Gasteiger partial charge >= 0.3 is 0 Å². The number of para-hydroxylation sites is 2. The molecule has 6 nitrogen and oxygen atoms in total. The van der Waals surface area contributed by atoms with E-state index < -0.39 is 0 Å². The Morgan fingerprint density at radius 3 is 2.91 bits per heavy atom. The summed E-state index contributed by atoms with van der Waals surface area (Å²) >= 11 is 0. The molecule has 0 aliphatic rings. The molecule has 0 saturated carbocycles. The predicted octanol–water partition coefficient (Wildman–Crippen LogP) is 3.30. The number of nitrogen functional groups attached to an aromatic ring is 1. The normalized spacial score (nSPS) is 11.0. The molecule has 0 unspecified atom stereocenters. The van der Waals surface area contributed by atoms with Crippen molar-refractivity contribution in [1.82, 2.24) is 19.7 Å². The average molecular weight is 303 g/mol. The Hall–Kier alpha value is -3.41. The number of rotatable bonds is 3. The number of fused-ring (bicyclic) bond motifs is 1. The number of nitrogens with two attached hydrogens (primary N) is 1. The molecule has 4 rings (SSSR count). The summed E-state index contributed by atoms with van der Waals surface area (Å²) in [5.74, 6) is 0.941. The molecule has 0 amide bonds. The molecule has 23 heavy (non-hydrogen) atoms. The van der Waals surface area contributed by atoms with Gasteiger partial charge in [-0.05, 0) is 18.2 Å². The first-order chi connectivity index (χ1) is 11.3. The van der Waals surface area contributed by atoms with Crippen molar-refractivity contribution in [2.45, 2.75) is 0 Å². The highest BCUT2D eigenvalue weighted by molar-refractivity contribution is 5.76. The number of aromatic nitrogens is 4. The van der Waals surface area contributed by atoms with E-state index in [0.29, 0.717) is 11.7 Å². The van der Waals surface area contributed by atoms with E-state index in [4.69, 9.17) is 10.2 Å². The lowest BCUT2D eigenvalue weighted by Gasteiger charge is -2.07. The molecular weight excluding hydrogens is 290 g/mol. The SMILES string of the molecule is C=Cc1c(-n2cc(-c3nc4ccccc4o3)cn2)ccnc1N. The first-order valence-corrected chi connectivity index (χ1v) is 7.04. The fourth-order valence-corrected chi connectivity index (χ4v) is 2.45. The van der Waals surface area contributed by atoms with Crippen LogP contribution >= 0.6 is 0 Å². The maximum atomic E-state index is 5.88. The van der Waals surface area contributed by atoms with E-state index >= 15 is 0 Å². The number of nitrogens with zero attached hydrogens (tertiary/aromatic N) is 4. The van der Waals surface area contributed by atoms with Gasteiger partial charge in [0.1, 0.15) is 11.3 Å². The van der Waals surface area contributed by atoms with E-state index in [9.17, 15) is 0 Å². The zero-order valence-corrected chi connectivity index (χ0v) is 12.2. The lowest BCUT2D eigenvalue weighted by atomic mass is 10.2. The number of hydrogen-bond donors (Lipinski definition) is 1. The second-order valence-corrected chi connectivity index (χ2v) is 4.99. The van der Waals surface area contributed by atoms with Gasteiger partial charge in [-0.2, -0.15) is 5.10 Å². The Balaban J connectivity index is 1.80. The van der Waals surface area contributed by atoms with Crippen LogP contribution in [0.15, 0.2) is 59.9 Å². The average Bonchev–Trinajstić information content (AvgIpc) is 3.21. The largest absolute Gasteiger partial charge is 0.436 e. The summed E-state index contributed by atoms with van der Waals surface area (Å²) in [6.45, 7) is 3.78. The van der Waals surface area contributed by atoms with E-state index in [-0.39, 0.29) is 0 Å². The number of anilines is 1. The molecule has 0 bridgehead atoms. The molecule has 0 atom stereocenters. The fourth-order valence-electron chi connectivity index (χ4n) is 2.45. The number of oxazole rings is 1. The van der Waals surface area contributed by atoms with Crippen molar-refractivity contribution < 1.29 is 4.42 Å². The van der Waals surface area contributed by atoms with Crippen molar-refractivity contribution in [1.29, 1.82) is 0 Å². The van der Waals surface area contributed by atoms with Gasteiger partial charge in [0.2, 0.25) is 5.89 Å². The molecule has 0 saturated heterocycles. The van der Waals surface area contributed by atoms with Crippen LogP contribution in [0.2, 0.25) is 0 Å². The topological polar surface area (TPSA) is 82.8 Å². The van der Waals surface area contributed by atoms with Crippen LogP contribution in [-0.4, -0.2) is 19.7 Å². The second-order valence-electron chi connectivity index (χ2n) is 4.99. The minimum atomic E-state index is 0.413. The minimum Gasteiger partial charge on any atom is -0.436 e. The van der Waals surface area contributed by atoms with Crippen LogP contribution in [0.3, 0.4) is 0 Å². The van der Waals surface area contributed by atoms with Crippen molar-refractivity contribution in [3.63, 3.8) is 0 Å². The third-order valence-corrected chi connectivity index (χ3v) is 3.57. The summed E-state index contributed by atoms with van der Waals surface area (Å²) in [5.41, 5.74) is 9.76. The molecule has 112 valence electrons. The van der Waals surface area contributed by atoms with Crippen molar-refractivity contribution >= 4 is 23.0 Å².